The van der Waals surface area contributed by atoms with E-state index in [0.717, 1.165) is 17.3 Å². The standard InChI is InChI=1S/C13H20BrN/c1-10(15)8-13(2,3)9-11-4-6-12(14)7-5-11/h4-7,10H,8-9,15H2,1-3H3. The van der Waals surface area contributed by atoms with Gasteiger partial charge in [0, 0.05) is 10.5 Å². The summed E-state index contributed by atoms with van der Waals surface area (Å²) in [5, 5.41) is 0. The Morgan fingerprint density at radius 2 is 1.80 bits per heavy atom. The number of nitrogens with two attached hydrogens (primary N) is 1. The van der Waals surface area contributed by atoms with Crippen LogP contribution in [0.25, 0.3) is 0 Å². The van der Waals surface area contributed by atoms with Crippen molar-refractivity contribution in [2.24, 2.45) is 11.1 Å². The first-order valence-electron chi connectivity index (χ1n) is 5.39. The summed E-state index contributed by atoms with van der Waals surface area (Å²) in [5.74, 6) is 0. The molecule has 1 nitrogen and oxygen atoms in total. The number of hydrogen-bond donors (Lipinski definition) is 1. The second-order valence-corrected chi connectivity index (χ2v) is 6.06. The van der Waals surface area contributed by atoms with E-state index < -0.39 is 0 Å². The van der Waals surface area contributed by atoms with Crippen molar-refractivity contribution in [3.63, 3.8) is 0 Å². The average molecular weight is 270 g/mol. The van der Waals surface area contributed by atoms with Gasteiger partial charge in [-0.1, -0.05) is 41.9 Å². The fourth-order valence-corrected chi connectivity index (χ4v) is 2.36. The van der Waals surface area contributed by atoms with Gasteiger partial charge in [0.1, 0.15) is 0 Å². The third-order valence-corrected chi connectivity index (χ3v) is 3.00. The van der Waals surface area contributed by atoms with Gasteiger partial charge in [-0.15, -0.1) is 0 Å². The second-order valence-electron chi connectivity index (χ2n) is 5.15. The van der Waals surface area contributed by atoms with Crippen molar-refractivity contribution in [3.8, 4) is 0 Å². The van der Waals surface area contributed by atoms with Gasteiger partial charge in [0.15, 0.2) is 0 Å². The lowest BCUT2D eigenvalue weighted by Crippen LogP contribution is -2.26. The van der Waals surface area contributed by atoms with E-state index in [1.165, 1.54) is 5.56 Å². The Morgan fingerprint density at radius 1 is 1.27 bits per heavy atom. The molecular weight excluding hydrogens is 250 g/mol. The van der Waals surface area contributed by atoms with Crippen molar-refractivity contribution in [2.75, 3.05) is 0 Å². The molecule has 0 bridgehead atoms. The SMILES string of the molecule is CC(N)CC(C)(C)Cc1ccc(Br)cc1. The first-order valence-corrected chi connectivity index (χ1v) is 6.18. The summed E-state index contributed by atoms with van der Waals surface area (Å²) in [6.45, 7) is 6.63. The average Bonchev–Trinajstić information content (AvgIpc) is 2.06. The first kappa shape index (κ1) is 12.7. The first-order chi connectivity index (χ1) is 6.89. The Balaban J connectivity index is 2.64. The minimum absolute atomic E-state index is 0.274. The van der Waals surface area contributed by atoms with Crippen LogP contribution in [0.2, 0.25) is 0 Å². The predicted octanol–water partition coefficient (Wildman–Crippen LogP) is 3.76. The van der Waals surface area contributed by atoms with E-state index in [1.54, 1.807) is 0 Å². The molecule has 2 N–H and O–H groups in total. The highest BCUT2D eigenvalue weighted by Gasteiger charge is 2.19. The molecule has 1 aromatic rings. The maximum absolute atomic E-state index is 5.85. The van der Waals surface area contributed by atoms with Crippen LogP contribution in [0.3, 0.4) is 0 Å². The fraction of sp³-hybridized carbons (Fsp3) is 0.538. The van der Waals surface area contributed by atoms with Gasteiger partial charge in [-0.05, 0) is 42.9 Å². The fourth-order valence-electron chi connectivity index (χ4n) is 2.10. The van der Waals surface area contributed by atoms with E-state index in [-0.39, 0.29) is 11.5 Å². The van der Waals surface area contributed by atoms with Crippen LogP contribution in [0.5, 0.6) is 0 Å². The Morgan fingerprint density at radius 3 is 2.27 bits per heavy atom. The molecule has 15 heavy (non-hydrogen) atoms. The molecule has 0 saturated carbocycles. The summed E-state index contributed by atoms with van der Waals surface area (Å²) >= 11 is 3.45. The molecule has 0 aliphatic carbocycles. The van der Waals surface area contributed by atoms with Crippen molar-refractivity contribution in [3.05, 3.63) is 34.3 Å². The molecule has 0 spiro atoms. The van der Waals surface area contributed by atoms with Crippen LogP contribution in [0.4, 0.5) is 0 Å². The Kier molecular flexibility index (Phi) is 4.35. The van der Waals surface area contributed by atoms with E-state index in [0.29, 0.717) is 0 Å². The summed E-state index contributed by atoms with van der Waals surface area (Å²) < 4.78 is 1.14. The zero-order chi connectivity index (χ0) is 11.5. The van der Waals surface area contributed by atoms with Crippen LogP contribution in [-0.2, 0) is 6.42 Å². The van der Waals surface area contributed by atoms with E-state index in [4.69, 9.17) is 5.73 Å². The van der Waals surface area contributed by atoms with Gasteiger partial charge in [0.25, 0.3) is 0 Å². The summed E-state index contributed by atoms with van der Waals surface area (Å²) in [5.41, 5.74) is 7.51. The molecule has 1 atom stereocenters. The molecule has 0 aliphatic heterocycles. The highest BCUT2D eigenvalue weighted by atomic mass is 79.9. The third-order valence-electron chi connectivity index (χ3n) is 2.47. The summed E-state index contributed by atoms with van der Waals surface area (Å²) in [6, 6.07) is 8.81. The third kappa shape index (κ3) is 4.80. The summed E-state index contributed by atoms with van der Waals surface area (Å²) in [4.78, 5) is 0. The molecule has 0 heterocycles. The Labute approximate surface area is 101 Å². The molecule has 0 aliphatic rings. The van der Waals surface area contributed by atoms with Crippen molar-refractivity contribution >= 4 is 15.9 Å². The van der Waals surface area contributed by atoms with Gasteiger partial charge in [0.05, 0.1) is 0 Å². The molecule has 1 rings (SSSR count). The zero-order valence-corrected chi connectivity index (χ0v) is 11.3. The minimum Gasteiger partial charge on any atom is -0.328 e. The monoisotopic (exact) mass is 269 g/mol. The van der Waals surface area contributed by atoms with E-state index in [2.05, 4.69) is 61.0 Å². The van der Waals surface area contributed by atoms with Gasteiger partial charge in [-0.3, -0.25) is 0 Å². The molecule has 0 amide bonds. The quantitative estimate of drug-likeness (QED) is 0.885. The molecule has 0 radical (unpaired) electrons. The van der Waals surface area contributed by atoms with Crippen LogP contribution >= 0.6 is 15.9 Å². The van der Waals surface area contributed by atoms with Crippen LogP contribution in [0.1, 0.15) is 32.8 Å². The molecular formula is C13H20BrN. The van der Waals surface area contributed by atoms with Crippen LogP contribution in [-0.4, -0.2) is 6.04 Å². The van der Waals surface area contributed by atoms with Gasteiger partial charge in [-0.2, -0.15) is 0 Å². The van der Waals surface area contributed by atoms with Gasteiger partial charge in [0.2, 0.25) is 0 Å². The van der Waals surface area contributed by atoms with Gasteiger partial charge in [-0.25, -0.2) is 0 Å². The van der Waals surface area contributed by atoms with Crippen LogP contribution in [0, 0.1) is 5.41 Å². The molecule has 1 unspecified atom stereocenters. The number of benzene rings is 1. The number of hydrogen-bond acceptors (Lipinski definition) is 1. The molecule has 1 aromatic carbocycles. The predicted molar refractivity (Wildman–Crippen MR) is 69.9 cm³/mol. The van der Waals surface area contributed by atoms with Crippen LogP contribution in [0.15, 0.2) is 28.7 Å². The van der Waals surface area contributed by atoms with Crippen molar-refractivity contribution in [2.45, 2.75) is 39.7 Å². The van der Waals surface area contributed by atoms with E-state index >= 15 is 0 Å². The normalized spacial score (nSPS) is 13.9. The van der Waals surface area contributed by atoms with Crippen molar-refractivity contribution in [1.82, 2.24) is 0 Å². The number of rotatable bonds is 4. The largest absolute Gasteiger partial charge is 0.328 e. The topological polar surface area (TPSA) is 26.0 Å². The Hall–Kier alpha value is -0.340. The second kappa shape index (κ2) is 5.13. The van der Waals surface area contributed by atoms with Gasteiger partial charge >= 0.3 is 0 Å². The number of halogens is 1. The highest BCUT2D eigenvalue weighted by Crippen LogP contribution is 2.27. The van der Waals surface area contributed by atoms with Crippen LogP contribution < -0.4 is 5.73 Å². The molecule has 84 valence electrons. The lowest BCUT2D eigenvalue weighted by Gasteiger charge is -2.26. The molecule has 0 aromatic heterocycles. The summed E-state index contributed by atoms with van der Waals surface area (Å²) in [7, 11) is 0. The lowest BCUT2D eigenvalue weighted by atomic mass is 9.80. The van der Waals surface area contributed by atoms with Crippen molar-refractivity contribution < 1.29 is 0 Å². The summed E-state index contributed by atoms with van der Waals surface area (Å²) in [6.07, 6.45) is 2.14. The van der Waals surface area contributed by atoms with Gasteiger partial charge < -0.3 is 5.73 Å². The molecule has 2 heteroatoms. The highest BCUT2D eigenvalue weighted by molar-refractivity contribution is 9.10. The smallest absolute Gasteiger partial charge is 0.0175 e. The zero-order valence-electron chi connectivity index (χ0n) is 9.76. The molecule has 0 fully saturated rings. The van der Waals surface area contributed by atoms with Crippen molar-refractivity contribution in [1.29, 1.82) is 0 Å². The molecule has 0 saturated heterocycles. The van der Waals surface area contributed by atoms with E-state index in [9.17, 15) is 0 Å². The maximum atomic E-state index is 5.85. The van der Waals surface area contributed by atoms with E-state index in [1.807, 2.05) is 0 Å². The minimum atomic E-state index is 0.274. The lowest BCUT2D eigenvalue weighted by molar-refractivity contribution is 0.309. The Bertz CT molecular complexity index is 301. The maximum Gasteiger partial charge on any atom is 0.0175 e.